The normalized spacial score (nSPS) is 10.1. The minimum Gasteiger partial charge on any atom is -0.365 e. The first kappa shape index (κ1) is 7.35. The standard InChI is InChI=1S/C8H14N2/c1-9-6-2-4-8-5-3-7-10-8/h3,5,7,9-10H,2,4,6H2,1H3. The van der Waals surface area contributed by atoms with E-state index in [1.165, 1.54) is 12.1 Å². The number of nitrogens with one attached hydrogen (secondary N) is 2. The number of aromatic nitrogens is 1. The van der Waals surface area contributed by atoms with Crippen LogP contribution >= 0.6 is 0 Å². The molecule has 0 aliphatic heterocycles. The zero-order valence-electron chi connectivity index (χ0n) is 6.35. The Morgan fingerprint density at radius 3 is 3.10 bits per heavy atom. The second kappa shape index (κ2) is 4.12. The minimum atomic E-state index is 1.10. The molecule has 0 unspecified atom stereocenters. The Balaban J connectivity index is 2.15. The number of H-pyrrole nitrogens is 1. The molecule has 0 atom stereocenters. The first-order valence-corrected chi connectivity index (χ1v) is 3.70. The van der Waals surface area contributed by atoms with Crippen molar-refractivity contribution in [1.29, 1.82) is 0 Å². The van der Waals surface area contributed by atoms with Crippen molar-refractivity contribution in [2.24, 2.45) is 0 Å². The van der Waals surface area contributed by atoms with Gasteiger partial charge < -0.3 is 10.3 Å². The zero-order chi connectivity index (χ0) is 7.23. The van der Waals surface area contributed by atoms with Gasteiger partial charge in [0.2, 0.25) is 0 Å². The number of aromatic amines is 1. The first-order chi connectivity index (χ1) is 4.93. The van der Waals surface area contributed by atoms with E-state index in [0.717, 1.165) is 13.0 Å². The van der Waals surface area contributed by atoms with Crippen LogP contribution in [0, 0.1) is 0 Å². The van der Waals surface area contributed by atoms with Crippen LogP contribution in [-0.2, 0) is 6.42 Å². The Morgan fingerprint density at radius 1 is 1.60 bits per heavy atom. The van der Waals surface area contributed by atoms with E-state index in [9.17, 15) is 0 Å². The minimum absolute atomic E-state index is 1.10. The third-order valence-corrected chi connectivity index (χ3v) is 1.54. The van der Waals surface area contributed by atoms with Gasteiger partial charge >= 0.3 is 0 Å². The fraction of sp³-hybridized carbons (Fsp3) is 0.500. The summed E-state index contributed by atoms with van der Waals surface area (Å²) in [6.07, 6.45) is 4.32. The molecule has 0 spiro atoms. The van der Waals surface area contributed by atoms with Crippen molar-refractivity contribution >= 4 is 0 Å². The maximum atomic E-state index is 3.17. The van der Waals surface area contributed by atoms with Crippen molar-refractivity contribution in [3.8, 4) is 0 Å². The lowest BCUT2D eigenvalue weighted by atomic mass is 10.2. The molecule has 0 saturated carbocycles. The van der Waals surface area contributed by atoms with Crippen molar-refractivity contribution < 1.29 is 0 Å². The number of rotatable bonds is 4. The molecule has 1 aromatic heterocycles. The topological polar surface area (TPSA) is 27.8 Å². The molecule has 1 aromatic rings. The number of hydrogen-bond donors (Lipinski definition) is 2. The Morgan fingerprint density at radius 2 is 2.50 bits per heavy atom. The maximum absolute atomic E-state index is 3.17. The Bertz CT molecular complexity index is 156. The third-order valence-electron chi connectivity index (χ3n) is 1.54. The van der Waals surface area contributed by atoms with Crippen molar-refractivity contribution in [3.05, 3.63) is 24.0 Å². The van der Waals surface area contributed by atoms with Crippen LogP contribution in [0.15, 0.2) is 18.3 Å². The second-order valence-corrected chi connectivity index (χ2v) is 2.40. The van der Waals surface area contributed by atoms with E-state index in [-0.39, 0.29) is 0 Å². The van der Waals surface area contributed by atoms with E-state index in [4.69, 9.17) is 0 Å². The van der Waals surface area contributed by atoms with Gasteiger partial charge in [0.05, 0.1) is 0 Å². The van der Waals surface area contributed by atoms with Crippen LogP contribution in [0.2, 0.25) is 0 Å². The highest BCUT2D eigenvalue weighted by Gasteiger charge is 1.89. The zero-order valence-corrected chi connectivity index (χ0v) is 6.35. The van der Waals surface area contributed by atoms with Crippen LogP contribution in [0.4, 0.5) is 0 Å². The second-order valence-electron chi connectivity index (χ2n) is 2.40. The molecule has 0 aliphatic rings. The van der Waals surface area contributed by atoms with Crippen LogP contribution in [0.25, 0.3) is 0 Å². The van der Waals surface area contributed by atoms with Crippen molar-refractivity contribution in [2.45, 2.75) is 12.8 Å². The summed E-state index contributed by atoms with van der Waals surface area (Å²) < 4.78 is 0. The lowest BCUT2D eigenvalue weighted by molar-refractivity contribution is 0.717. The van der Waals surface area contributed by atoms with Crippen LogP contribution in [0.1, 0.15) is 12.1 Å². The maximum Gasteiger partial charge on any atom is 0.0147 e. The Kier molecular flexibility index (Phi) is 3.03. The highest BCUT2D eigenvalue weighted by atomic mass is 14.8. The summed E-state index contributed by atoms with van der Waals surface area (Å²) in [7, 11) is 1.98. The summed E-state index contributed by atoms with van der Waals surface area (Å²) in [5.74, 6) is 0. The monoisotopic (exact) mass is 138 g/mol. The SMILES string of the molecule is CNCCCc1ccc[nH]1. The van der Waals surface area contributed by atoms with E-state index >= 15 is 0 Å². The van der Waals surface area contributed by atoms with Crippen LogP contribution in [0.5, 0.6) is 0 Å². The number of aryl methyl sites for hydroxylation is 1. The predicted molar refractivity (Wildman–Crippen MR) is 43.0 cm³/mol. The highest BCUT2D eigenvalue weighted by Crippen LogP contribution is 1.97. The Labute approximate surface area is 61.7 Å². The van der Waals surface area contributed by atoms with Gasteiger partial charge in [-0.15, -0.1) is 0 Å². The van der Waals surface area contributed by atoms with E-state index < -0.39 is 0 Å². The molecule has 1 heterocycles. The van der Waals surface area contributed by atoms with Crippen LogP contribution in [-0.4, -0.2) is 18.6 Å². The first-order valence-electron chi connectivity index (χ1n) is 3.70. The van der Waals surface area contributed by atoms with Gasteiger partial charge in [0.15, 0.2) is 0 Å². The average molecular weight is 138 g/mol. The Hall–Kier alpha value is -0.760. The van der Waals surface area contributed by atoms with Crippen molar-refractivity contribution in [2.75, 3.05) is 13.6 Å². The summed E-state index contributed by atoms with van der Waals surface area (Å²) in [6, 6.07) is 4.16. The third kappa shape index (κ3) is 2.23. The van der Waals surface area contributed by atoms with Gasteiger partial charge in [-0.25, -0.2) is 0 Å². The van der Waals surface area contributed by atoms with Crippen molar-refractivity contribution in [1.82, 2.24) is 10.3 Å². The van der Waals surface area contributed by atoms with E-state index in [1.807, 2.05) is 19.3 Å². The van der Waals surface area contributed by atoms with Gasteiger partial charge in [0, 0.05) is 11.9 Å². The summed E-state index contributed by atoms with van der Waals surface area (Å²) in [5.41, 5.74) is 1.33. The molecule has 0 bridgehead atoms. The predicted octanol–water partition coefficient (Wildman–Crippen LogP) is 1.17. The highest BCUT2D eigenvalue weighted by molar-refractivity contribution is 5.03. The van der Waals surface area contributed by atoms with Gasteiger partial charge in [0.25, 0.3) is 0 Å². The van der Waals surface area contributed by atoms with Crippen LogP contribution < -0.4 is 5.32 Å². The molecule has 0 amide bonds. The van der Waals surface area contributed by atoms with Crippen molar-refractivity contribution in [3.63, 3.8) is 0 Å². The largest absolute Gasteiger partial charge is 0.365 e. The lowest BCUT2D eigenvalue weighted by Crippen LogP contribution is -2.08. The van der Waals surface area contributed by atoms with Gasteiger partial charge in [0.1, 0.15) is 0 Å². The molecule has 0 fully saturated rings. The molecular weight excluding hydrogens is 124 g/mol. The summed E-state index contributed by atoms with van der Waals surface area (Å²) in [6.45, 7) is 1.10. The quantitative estimate of drug-likeness (QED) is 0.600. The van der Waals surface area contributed by atoms with E-state index in [0.29, 0.717) is 0 Å². The van der Waals surface area contributed by atoms with E-state index in [2.05, 4.69) is 16.4 Å². The summed E-state index contributed by atoms with van der Waals surface area (Å²) in [5, 5.41) is 3.12. The molecule has 2 N–H and O–H groups in total. The molecule has 56 valence electrons. The molecule has 1 rings (SSSR count). The molecule has 2 nitrogen and oxygen atoms in total. The van der Waals surface area contributed by atoms with Crippen LogP contribution in [0.3, 0.4) is 0 Å². The number of hydrogen-bond acceptors (Lipinski definition) is 1. The lowest BCUT2D eigenvalue weighted by Gasteiger charge is -1.96. The fourth-order valence-corrected chi connectivity index (χ4v) is 0.979. The average Bonchev–Trinajstić information content (AvgIpc) is 2.41. The van der Waals surface area contributed by atoms with Gasteiger partial charge in [-0.1, -0.05) is 0 Å². The molecule has 0 saturated heterocycles. The van der Waals surface area contributed by atoms with Gasteiger partial charge in [-0.3, -0.25) is 0 Å². The molecular formula is C8H14N2. The van der Waals surface area contributed by atoms with Gasteiger partial charge in [-0.2, -0.15) is 0 Å². The molecule has 10 heavy (non-hydrogen) atoms. The molecule has 2 heteroatoms. The molecule has 0 radical (unpaired) electrons. The van der Waals surface area contributed by atoms with Gasteiger partial charge in [-0.05, 0) is 38.6 Å². The fourth-order valence-electron chi connectivity index (χ4n) is 0.979. The summed E-state index contributed by atoms with van der Waals surface area (Å²) in [4.78, 5) is 3.17. The smallest absolute Gasteiger partial charge is 0.0147 e. The molecule has 0 aromatic carbocycles. The molecule has 0 aliphatic carbocycles. The van der Waals surface area contributed by atoms with E-state index in [1.54, 1.807) is 0 Å². The summed E-state index contributed by atoms with van der Waals surface area (Å²) >= 11 is 0.